The monoisotopic (exact) mass is 200 g/mol. The fourth-order valence-electron chi connectivity index (χ4n) is 0.774. The predicted octanol–water partition coefficient (Wildman–Crippen LogP) is 3.03. The Hall–Kier alpha value is -0.790. The number of carbonyl (C=O) groups is 1. The van der Waals surface area contributed by atoms with Gasteiger partial charge < -0.3 is 0 Å². The molecule has 0 bridgehead atoms. The molecule has 0 unspecified atom stereocenters. The number of aldehydes is 1. The molecular formula is C9H6Cl2O. The largest absolute Gasteiger partial charge is 0.297 e. The van der Waals surface area contributed by atoms with Crippen LogP contribution in [0.3, 0.4) is 0 Å². The number of benzene rings is 1. The van der Waals surface area contributed by atoms with Gasteiger partial charge >= 0.3 is 0 Å². The maximum atomic E-state index is 10.2. The van der Waals surface area contributed by atoms with Gasteiger partial charge in [-0.3, -0.25) is 4.79 Å². The van der Waals surface area contributed by atoms with Crippen LogP contribution >= 0.6 is 23.2 Å². The van der Waals surface area contributed by atoms with Crippen molar-refractivity contribution in [3.8, 4) is 0 Å². The van der Waals surface area contributed by atoms with E-state index < -0.39 is 0 Å². The van der Waals surface area contributed by atoms with Crippen molar-refractivity contribution in [2.24, 2.45) is 0 Å². The van der Waals surface area contributed by atoms with Crippen molar-refractivity contribution >= 4 is 34.5 Å². The lowest BCUT2D eigenvalue weighted by molar-refractivity contribution is -0.104. The summed E-state index contributed by atoms with van der Waals surface area (Å²) in [5, 5.41) is 0.315. The first-order chi connectivity index (χ1) is 5.75. The molecule has 0 amide bonds. The van der Waals surface area contributed by atoms with Gasteiger partial charge in [-0.2, -0.15) is 0 Å². The quantitative estimate of drug-likeness (QED) is 0.530. The molecule has 0 radical (unpaired) electrons. The highest BCUT2D eigenvalue weighted by molar-refractivity contribution is 6.58. The van der Waals surface area contributed by atoms with Gasteiger partial charge in [0.1, 0.15) is 0 Å². The molecule has 0 saturated carbocycles. The molecule has 1 aromatic rings. The molecule has 0 aromatic heterocycles. The van der Waals surface area contributed by atoms with E-state index in [9.17, 15) is 4.79 Å². The van der Waals surface area contributed by atoms with Gasteiger partial charge in [-0.15, -0.1) is 0 Å². The third-order valence-corrected chi connectivity index (χ3v) is 2.14. The Morgan fingerprint density at radius 2 is 1.75 bits per heavy atom. The van der Waals surface area contributed by atoms with E-state index in [0.29, 0.717) is 6.29 Å². The summed E-state index contributed by atoms with van der Waals surface area (Å²) in [6.07, 6.45) is 0.525. The number of allylic oxidation sites excluding steroid dienone is 1. The highest BCUT2D eigenvalue weighted by atomic mass is 35.5. The van der Waals surface area contributed by atoms with Crippen LogP contribution in [0.1, 0.15) is 5.56 Å². The van der Waals surface area contributed by atoms with Gasteiger partial charge in [0.05, 0.1) is 10.1 Å². The van der Waals surface area contributed by atoms with Crippen LogP contribution in [0.5, 0.6) is 0 Å². The molecule has 3 heteroatoms. The standard InChI is InChI=1S/C9H6Cl2O/c10-8(6-12)9(11)7-4-2-1-3-5-7/h1-6H/b9-8+. The highest BCUT2D eigenvalue weighted by Crippen LogP contribution is 2.23. The molecule has 0 atom stereocenters. The lowest BCUT2D eigenvalue weighted by Crippen LogP contribution is -1.80. The first kappa shape index (κ1) is 9.30. The van der Waals surface area contributed by atoms with Gasteiger partial charge in [-0.1, -0.05) is 53.5 Å². The van der Waals surface area contributed by atoms with Gasteiger partial charge in [-0.05, 0) is 5.56 Å². The van der Waals surface area contributed by atoms with Crippen molar-refractivity contribution < 1.29 is 4.79 Å². The minimum Gasteiger partial charge on any atom is -0.297 e. The lowest BCUT2D eigenvalue weighted by Gasteiger charge is -1.97. The second kappa shape index (κ2) is 4.29. The van der Waals surface area contributed by atoms with Crippen molar-refractivity contribution in [2.75, 3.05) is 0 Å². The van der Waals surface area contributed by atoms with Crippen LogP contribution in [0.4, 0.5) is 0 Å². The molecule has 0 fully saturated rings. The molecule has 12 heavy (non-hydrogen) atoms. The molecule has 62 valence electrons. The summed E-state index contributed by atoms with van der Waals surface area (Å²) < 4.78 is 0. The van der Waals surface area contributed by atoms with Crippen LogP contribution in [0, 0.1) is 0 Å². The van der Waals surface area contributed by atoms with E-state index in [2.05, 4.69) is 0 Å². The highest BCUT2D eigenvalue weighted by Gasteiger charge is 2.01. The van der Waals surface area contributed by atoms with E-state index in [1.165, 1.54) is 0 Å². The summed E-state index contributed by atoms with van der Waals surface area (Å²) in [4.78, 5) is 10.2. The van der Waals surface area contributed by atoms with E-state index in [0.717, 1.165) is 5.56 Å². The van der Waals surface area contributed by atoms with Crippen LogP contribution < -0.4 is 0 Å². The summed E-state index contributed by atoms with van der Waals surface area (Å²) >= 11 is 11.3. The number of rotatable bonds is 2. The van der Waals surface area contributed by atoms with E-state index in [1.54, 1.807) is 12.1 Å². The average molecular weight is 201 g/mol. The van der Waals surface area contributed by atoms with Crippen LogP contribution in [0.15, 0.2) is 35.4 Å². The summed E-state index contributed by atoms with van der Waals surface area (Å²) in [5.41, 5.74) is 0.747. The van der Waals surface area contributed by atoms with Crippen LogP contribution in [-0.4, -0.2) is 6.29 Å². The van der Waals surface area contributed by atoms with E-state index in [-0.39, 0.29) is 10.1 Å². The number of halogens is 2. The molecule has 0 saturated heterocycles. The maximum absolute atomic E-state index is 10.2. The van der Waals surface area contributed by atoms with Gasteiger partial charge in [0.25, 0.3) is 0 Å². The molecule has 1 nitrogen and oxygen atoms in total. The third kappa shape index (κ3) is 2.10. The Balaban J connectivity index is 3.08. The van der Waals surface area contributed by atoms with Crippen LogP contribution in [-0.2, 0) is 4.79 Å². The molecule has 1 aromatic carbocycles. The van der Waals surface area contributed by atoms with Gasteiger partial charge in [0, 0.05) is 0 Å². The van der Waals surface area contributed by atoms with E-state index >= 15 is 0 Å². The zero-order chi connectivity index (χ0) is 8.97. The number of hydrogen-bond acceptors (Lipinski definition) is 1. The Morgan fingerprint density at radius 3 is 2.25 bits per heavy atom. The van der Waals surface area contributed by atoms with Crippen LogP contribution in [0.2, 0.25) is 0 Å². The molecular weight excluding hydrogens is 195 g/mol. The lowest BCUT2D eigenvalue weighted by atomic mass is 10.2. The topological polar surface area (TPSA) is 17.1 Å². The van der Waals surface area contributed by atoms with Crippen molar-refractivity contribution in [1.82, 2.24) is 0 Å². The van der Waals surface area contributed by atoms with Crippen molar-refractivity contribution in [2.45, 2.75) is 0 Å². The van der Waals surface area contributed by atoms with Crippen LogP contribution in [0.25, 0.3) is 5.03 Å². The minimum absolute atomic E-state index is 0.0304. The Bertz CT molecular complexity index is 304. The average Bonchev–Trinajstić information content (AvgIpc) is 2.17. The van der Waals surface area contributed by atoms with Crippen molar-refractivity contribution in [1.29, 1.82) is 0 Å². The van der Waals surface area contributed by atoms with Crippen molar-refractivity contribution in [3.63, 3.8) is 0 Å². The molecule has 0 aliphatic rings. The predicted molar refractivity (Wildman–Crippen MR) is 51.1 cm³/mol. The summed E-state index contributed by atoms with van der Waals surface area (Å²) in [6, 6.07) is 9.09. The van der Waals surface area contributed by atoms with Gasteiger partial charge in [-0.25, -0.2) is 0 Å². The Labute approximate surface area is 80.6 Å². The molecule has 0 aliphatic carbocycles. The Morgan fingerprint density at radius 1 is 1.17 bits per heavy atom. The summed E-state index contributed by atoms with van der Waals surface area (Å²) in [7, 11) is 0. The smallest absolute Gasteiger partial charge is 0.162 e. The minimum atomic E-state index is 0.0304. The van der Waals surface area contributed by atoms with Gasteiger partial charge in [0.15, 0.2) is 6.29 Å². The summed E-state index contributed by atoms with van der Waals surface area (Å²) in [6.45, 7) is 0. The zero-order valence-electron chi connectivity index (χ0n) is 6.13. The number of carbonyl (C=O) groups excluding carboxylic acids is 1. The fraction of sp³-hybridized carbons (Fsp3) is 0. The first-order valence-electron chi connectivity index (χ1n) is 3.31. The second-order valence-electron chi connectivity index (χ2n) is 2.15. The third-order valence-electron chi connectivity index (χ3n) is 1.34. The number of hydrogen-bond donors (Lipinski definition) is 0. The normalized spacial score (nSPS) is 12.2. The SMILES string of the molecule is O=C/C(Cl)=C(\Cl)c1ccccc1. The molecule has 1 rings (SSSR count). The maximum Gasteiger partial charge on any atom is 0.162 e. The van der Waals surface area contributed by atoms with Gasteiger partial charge in [0.2, 0.25) is 0 Å². The molecule has 0 aliphatic heterocycles. The van der Waals surface area contributed by atoms with E-state index in [1.807, 2.05) is 18.2 Å². The molecule has 0 heterocycles. The second-order valence-corrected chi connectivity index (χ2v) is 2.93. The fourth-order valence-corrected chi connectivity index (χ4v) is 1.05. The first-order valence-corrected chi connectivity index (χ1v) is 4.07. The van der Waals surface area contributed by atoms with E-state index in [4.69, 9.17) is 23.2 Å². The van der Waals surface area contributed by atoms with Crippen molar-refractivity contribution in [3.05, 3.63) is 40.9 Å². The zero-order valence-corrected chi connectivity index (χ0v) is 7.64. The Kier molecular flexibility index (Phi) is 3.32. The molecule has 0 spiro atoms. The molecule has 0 N–H and O–H groups in total. The summed E-state index contributed by atoms with van der Waals surface area (Å²) in [5.74, 6) is 0.